The van der Waals surface area contributed by atoms with E-state index in [2.05, 4.69) is 20.9 Å². The second-order valence-electron chi connectivity index (χ2n) is 4.34. The van der Waals surface area contributed by atoms with E-state index in [4.69, 9.17) is 11.6 Å². The topological polar surface area (TPSA) is 70.5 Å². The zero-order valence-electron chi connectivity index (χ0n) is 9.97. The Bertz CT molecular complexity index is 524. The van der Waals surface area contributed by atoms with Gasteiger partial charge in [0.15, 0.2) is 0 Å². The molecule has 1 aromatic rings. The van der Waals surface area contributed by atoms with Gasteiger partial charge in [0.25, 0.3) is 5.91 Å². The highest BCUT2D eigenvalue weighted by Crippen LogP contribution is 2.24. The Morgan fingerprint density at radius 2 is 2.21 bits per heavy atom. The number of rotatable bonds is 2. The predicted molar refractivity (Wildman–Crippen MR) is 73.3 cm³/mol. The van der Waals surface area contributed by atoms with Gasteiger partial charge in [0, 0.05) is 17.2 Å². The molecule has 1 amide bonds. The van der Waals surface area contributed by atoms with Gasteiger partial charge >= 0.3 is 5.97 Å². The van der Waals surface area contributed by atoms with E-state index < -0.39 is 12.0 Å². The maximum Gasteiger partial charge on any atom is 0.326 e. The van der Waals surface area contributed by atoms with Crippen molar-refractivity contribution in [3.8, 4) is 0 Å². The number of halogens is 2. The Kier molecular flexibility index (Phi) is 4.42. The molecule has 1 atom stereocenters. The van der Waals surface area contributed by atoms with Crippen LogP contribution in [0.25, 0.3) is 0 Å². The molecule has 0 spiro atoms. The van der Waals surface area contributed by atoms with Crippen molar-refractivity contribution >= 4 is 39.4 Å². The first-order valence-corrected chi connectivity index (χ1v) is 7.02. The lowest BCUT2D eigenvalue weighted by molar-refractivity contribution is -0.143. The smallest absolute Gasteiger partial charge is 0.326 e. The number of carbonyl (C=O) groups excluding carboxylic acids is 1. The monoisotopic (exact) mass is 346 g/mol. The normalized spacial score (nSPS) is 19.3. The third kappa shape index (κ3) is 3.06. The predicted octanol–water partition coefficient (Wildman–Crippen LogP) is 2.58. The molecule has 0 bridgehead atoms. The summed E-state index contributed by atoms with van der Waals surface area (Å²) >= 11 is 9.14. The molecule has 0 unspecified atom stereocenters. The minimum absolute atomic E-state index is 0.0860. The number of pyridine rings is 1. The number of amides is 1. The van der Waals surface area contributed by atoms with Crippen LogP contribution in [0.5, 0.6) is 0 Å². The minimum Gasteiger partial charge on any atom is -0.480 e. The van der Waals surface area contributed by atoms with Gasteiger partial charge in [-0.1, -0.05) is 11.6 Å². The number of aromatic nitrogens is 1. The number of carbonyl (C=O) groups is 2. The Labute approximate surface area is 123 Å². The zero-order chi connectivity index (χ0) is 14.0. The van der Waals surface area contributed by atoms with Crippen LogP contribution in [0.3, 0.4) is 0 Å². The Balaban J connectivity index is 2.31. The van der Waals surface area contributed by atoms with Crippen LogP contribution in [-0.2, 0) is 4.79 Å². The van der Waals surface area contributed by atoms with Crippen molar-refractivity contribution in [2.45, 2.75) is 25.3 Å². The van der Waals surface area contributed by atoms with Gasteiger partial charge in [0.1, 0.15) is 11.2 Å². The summed E-state index contributed by atoms with van der Waals surface area (Å²) in [6.07, 6.45) is 3.57. The lowest BCUT2D eigenvalue weighted by atomic mass is 10.0. The molecule has 0 aliphatic carbocycles. The number of nitrogens with zero attached hydrogens (tertiary/aromatic N) is 2. The second-order valence-corrected chi connectivity index (χ2v) is 5.61. The summed E-state index contributed by atoms with van der Waals surface area (Å²) in [5.41, 5.74) is 0.226. The lowest BCUT2D eigenvalue weighted by Crippen LogP contribution is -2.48. The van der Waals surface area contributed by atoms with Crippen LogP contribution >= 0.6 is 27.5 Å². The minimum atomic E-state index is -0.980. The molecule has 0 saturated carbocycles. The zero-order valence-corrected chi connectivity index (χ0v) is 12.3. The average Bonchev–Trinajstić information content (AvgIpc) is 2.40. The molecule has 1 aliphatic rings. The summed E-state index contributed by atoms with van der Waals surface area (Å²) in [5.74, 6) is -1.36. The summed E-state index contributed by atoms with van der Waals surface area (Å²) in [6.45, 7) is 0.429. The van der Waals surface area contributed by atoms with Gasteiger partial charge < -0.3 is 10.0 Å². The first-order chi connectivity index (χ1) is 9.00. The second kappa shape index (κ2) is 5.88. The van der Waals surface area contributed by atoms with E-state index in [0.29, 0.717) is 17.4 Å². The summed E-state index contributed by atoms with van der Waals surface area (Å²) < 4.78 is 0.629. The van der Waals surface area contributed by atoms with Crippen LogP contribution in [0.15, 0.2) is 16.7 Å². The maximum atomic E-state index is 12.4. The van der Waals surface area contributed by atoms with Gasteiger partial charge in [0.05, 0.1) is 5.56 Å². The molecule has 1 saturated heterocycles. The van der Waals surface area contributed by atoms with Crippen LogP contribution in [0.2, 0.25) is 5.15 Å². The van der Waals surface area contributed by atoms with Crippen LogP contribution in [0.4, 0.5) is 0 Å². The van der Waals surface area contributed by atoms with Gasteiger partial charge in [-0.05, 0) is 41.3 Å². The van der Waals surface area contributed by atoms with Gasteiger partial charge in [-0.2, -0.15) is 0 Å². The highest BCUT2D eigenvalue weighted by molar-refractivity contribution is 9.10. The molecule has 7 heteroatoms. The maximum absolute atomic E-state index is 12.4. The molecule has 1 aromatic heterocycles. The molecule has 102 valence electrons. The van der Waals surface area contributed by atoms with Crippen molar-refractivity contribution < 1.29 is 14.7 Å². The molecule has 2 heterocycles. The fraction of sp³-hybridized carbons (Fsp3) is 0.417. The summed E-state index contributed by atoms with van der Waals surface area (Å²) in [4.78, 5) is 28.9. The third-order valence-corrected chi connectivity index (χ3v) is 3.82. The van der Waals surface area contributed by atoms with E-state index in [9.17, 15) is 14.7 Å². The first kappa shape index (κ1) is 14.3. The van der Waals surface area contributed by atoms with Crippen LogP contribution in [-0.4, -0.2) is 39.5 Å². The molecule has 0 aromatic carbocycles. The summed E-state index contributed by atoms with van der Waals surface area (Å²) in [5, 5.41) is 9.26. The first-order valence-electron chi connectivity index (χ1n) is 5.85. The van der Waals surface area contributed by atoms with Crippen LogP contribution in [0, 0.1) is 0 Å². The molecule has 1 N–H and O–H groups in total. The van der Waals surface area contributed by atoms with Crippen LogP contribution in [0.1, 0.15) is 29.6 Å². The van der Waals surface area contributed by atoms with Gasteiger partial charge in [-0.3, -0.25) is 4.79 Å². The van der Waals surface area contributed by atoms with Gasteiger partial charge in [-0.15, -0.1) is 0 Å². The van der Waals surface area contributed by atoms with E-state index in [1.165, 1.54) is 11.1 Å². The fourth-order valence-electron chi connectivity index (χ4n) is 2.16. The van der Waals surface area contributed by atoms with Crippen molar-refractivity contribution in [1.29, 1.82) is 0 Å². The molecule has 5 nitrogen and oxygen atoms in total. The number of hydrogen-bond donors (Lipinski definition) is 1. The lowest BCUT2D eigenvalue weighted by Gasteiger charge is -2.33. The number of aliphatic carboxylic acids is 1. The SMILES string of the molecule is O=C(O)[C@H]1CCCCN1C(=O)c1cc(Br)cnc1Cl. The van der Waals surface area contributed by atoms with Crippen molar-refractivity contribution in [2.75, 3.05) is 6.54 Å². The number of hydrogen-bond acceptors (Lipinski definition) is 3. The molecular weight excluding hydrogens is 336 g/mol. The third-order valence-electron chi connectivity index (χ3n) is 3.08. The number of piperidine rings is 1. The Hall–Kier alpha value is -1.14. The number of carboxylic acid groups (broad SMARTS) is 1. The van der Waals surface area contributed by atoms with Crippen molar-refractivity contribution in [3.05, 3.63) is 27.5 Å². The largest absolute Gasteiger partial charge is 0.480 e. The highest BCUT2D eigenvalue weighted by atomic mass is 79.9. The Morgan fingerprint density at radius 3 is 2.89 bits per heavy atom. The number of carboxylic acids is 1. The Morgan fingerprint density at radius 1 is 1.47 bits per heavy atom. The molecule has 1 aliphatic heterocycles. The number of likely N-dealkylation sites (tertiary alicyclic amines) is 1. The van der Waals surface area contributed by atoms with E-state index in [1.54, 1.807) is 6.07 Å². The van der Waals surface area contributed by atoms with E-state index in [-0.39, 0.29) is 16.6 Å². The van der Waals surface area contributed by atoms with Crippen molar-refractivity contribution in [2.24, 2.45) is 0 Å². The summed E-state index contributed by atoms with van der Waals surface area (Å²) in [7, 11) is 0. The highest BCUT2D eigenvalue weighted by Gasteiger charge is 2.33. The molecule has 1 fully saturated rings. The van der Waals surface area contributed by atoms with E-state index in [1.807, 2.05) is 0 Å². The van der Waals surface area contributed by atoms with Gasteiger partial charge in [-0.25, -0.2) is 9.78 Å². The molecule has 2 rings (SSSR count). The molecular formula is C12H12BrClN2O3. The van der Waals surface area contributed by atoms with E-state index >= 15 is 0 Å². The van der Waals surface area contributed by atoms with Gasteiger partial charge in [0.2, 0.25) is 0 Å². The van der Waals surface area contributed by atoms with Crippen LogP contribution < -0.4 is 0 Å². The standard InChI is InChI=1S/C12H12BrClN2O3/c13-7-5-8(10(14)15-6-7)11(17)16-4-2-1-3-9(16)12(18)19/h5-6,9H,1-4H2,(H,18,19)/t9-/m1/s1. The quantitative estimate of drug-likeness (QED) is 0.835. The van der Waals surface area contributed by atoms with E-state index in [0.717, 1.165) is 12.8 Å². The summed E-state index contributed by atoms with van der Waals surface area (Å²) in [6, 6.07) is 0.779. The fourth-order valence-corrected chi connectivity index (χ4v) is 2.67. The molecule has 19 heavy (non-hydrogen) atoms. The van der Waals surface area contributed by atoms with Crippen molar-refractivity contribution in [1.82, 2.24) is 9.88 Å². The van der Waals surface area contributed by atoms with Crippen molar-refractivity contribution in [3.63, 3.8) is 0 Å². The average molecular weight is 348 g/mol. The molecule has 0 radical (unpaired) electrons.